The van der Waals surface area contributed by atoms with Gasteiger partial charge in [0.05, 0.1) is 28.7 Å². The second-order valence-electron chi connectivity index (χ2n) is 7.80. The Morgan fingerprint density at radius 1 is 1.25 bits per heavy atom. The van der Waals surface area contributed by atoms with Crippen molar-refractivity contribution in [3.63, 3.8) is 0 Å². The van der Waals surface area contributed by atoms with Crippen LogP contribution in [0.2, 0.25) is 0 Å². The number of halogens is 1. The lowest BCUT2D eigenvalue weighted by Crippen LogP contribution is -2.41. The zero-order valence-electron chi connectivity index (χ0n) is 15.2. The number of pyridine rings is 1. The number of rotatable bonds is 2. The van der Waals surface area contributed by atoms with Crippen molar-refractivity contribution in [1.29, 1.82) is 0 Å². The minimum Gasteiger partial charge on any atom is -0.444 e. The molecule has 1 aliphatic heterocycles. The third kappa shape index (κ3) is 4.05. The van der Waals surface area contributed by atoms with E-state index in [1.807, 2.05) is 27.7 Å². The molecule has 0 unspecified atom stereocenters. The molecule has 0 spiro atoms. The van der Waals surface area contributed by atoms with Gasteiger partial charge >= 0.3 is 13.2 Å². The highest BCUT2D eigenvalue weighted by atomic mass is 19.1. The number of carbonyl (C=O) groups is 1. The van der Waals surface area contributed by atoms with E-state index in [4.69, 9.17) is 14.0 Å². The van der Waals surface area contributed by atoms with Crippen molar-refractivity contribution < 1.29 is 23.2 Å². The molecule has 24 heavy (non-hydrogen) atoms. The van der Waals surface area contributed by atoms with E-state index in [1.54, 1.807) is 20.8 Å². The Morgan fingerprint density at radius 3 is 2.29 bits per heavy atom. The molecule has 0 bridgehead atoms. The molecule has 1 aromatic rings. The maximum Gasteiger partial charge on any atom is 0.516 e. The SMILES string of the molecule is CC(C)(C)OC(=O)Nc1cc(F)cnc1B1OC(C)(C)C(C)(C)O1. The smallest absolute Gasteiger partial charge is 0.444 e. The Balaban J connectivity index is 2.28. The summed E-state index contributed by atoms with van der Waals surface area (Å²) in [5.74, 6) is -0.582. The number of ether oxygens (including phenoxy) is 1. The lowest BCUT2D eigenvalue weighted by atomic mass is 9.83. The number of anilines is 1. The molecule has 132 valence electrons. The number of nitrogens with one attached hydrogen (secondary N) is 1. The molecule has 2 rings (SSSR count). The summed E-state index contributed by atoms with van der Waals surface area (Å²) in [5, 5.41) is 2.52. The molecule has 1 N–H and O–H groups in total. The highest BCUT2D eigenvalue weighted by Gasteiger charge is 2.53. The van der Waals surface area contributed by atoms with Gasteiger partial charge in [-0.25, -0.2) is 9.18 Å². The molecule has 2 heterocycles. The number of carbonyl (C=O) groups excluding carboxylic acids is 1. The van der Waals surface area contributed by atoms with E-state index < -0.39 is 35.8 Å². The van der Waals surface area contributed by atoms with Gasteiger partial charge in [-0.15, -0.1) is 0 Å². The Hall–Kier alpha value is -1.67. The van der Waals surface area contributed by atoms with E-state index in [9.17, 15) is 9.18 Å². The molecule has 6 nitrogen and oxygen atoms in total. The van der Waals surface area contributed by atoms with Crippen molar-refractivity contribution in [3.05, 3.63) is 18.1 Å². The van der Waals surface area contributed by atoms with Gasteiger partial charge in [0.25, 0.3) is 0 Å². The monoisotopic (exact) mass is 338 g/mol. The highest BCUT2D eigenvalue weighted by molar-refractivity contribution is 6.63. The van der Waals surface area contributed by atoms with E-state index in [2.05, 4.69) is 10.3 Å². The molecule has 1 saturated heterocycles. The average molecular weight is 338 g/mol. The molecular formula is C16H24BFN2O4. The predicted octanol–water partition coefficient (Wildman–Crippen LogP) is 2.87. The first kappa shape index (κ1) is 18.7. The number of hydrogen-bond acceptors (Lipinski definition) is 5. The quantitative estimate of drug-likeness (QED) is 0.840. The molecule has 1 fully saturated rings. The number of nitrogens with zero attached hydrogens (tertiary/aromatic N) is 1. The summed E-state index contributed by atoms with van der Waals surface area (Å²) < 4.78 is 30.6. The summed E-state index contributed by atoms with van der Waals surface area (Å²) in [6, 6.07) is 1.16. The first-order valence-corrected chi connectivity index (χ1v) is 7.82. The molecule has 0 saturated carbocycles. The van der Waals surface area contributed by atoms with Gasteiger partial charge in [-0.3, -0.25) is 10.3 Å². The van der Waals surface area contributed by atoms with Crippen LogP contribution in [0.1, 0.15) is 48.5 Å². The summed E-state index contributed by atoms with van der Waals surface area (Å²) in [5.41, 5.74) is -1.37. The summed E-state index contributed by atoms with van der Waals surface area (Å²) in [4.78, 5) is 16.0. The van der Waals surface area contributed by atoms with Crippen LogP contribution >= 0.6 is 0 Å². The molecule has 1 aliphatic rings. The summed E-state index contributed by atoms with van der Waals surface area (Å²) >= 11 is 0. The van der Waals surface area contributed by atoms with E-state index in [0.29, 0.717) is 5.59 Å². The second-order valence-corrected chi connectivity index (χ2v) is 7.80. The normalized spacial score (nSPS) is 19.2. The molecule has 0 radical (unpaired) electrons. The van der Waals surface area contributed by atoms with Crippen molar-refractivity contribution in [2.45, 2.75) is 65.3 Å². The number of amides is 1. The fraction of sp³-hybridized carbons (Fsp3) is 0.625. The van der Waals surface area contributed by atoms with E-state index in [0.717, 1.165) is 12.3 Å². The summed E-state index contributed by atoms with van der Waals surface area (Å²) in [6.45, 7) is 12.8. The molecule has 8 heteroatoms. The van der Waals surface area contributed by atoms with E-state index in [-0.39, 0.29) is 5.69 Å². The van der Waals surface area contributed by atoms with Crippen LogP contribution in [0.25, 0.3) is 0 Å². The zero-order chi connectivity index (χ0) is 18.3. The first-order valence-electron chi connectivity index (χ1n) is 7.82. The maximum absolute atomic E-state index is 13.6. The molecule has 0 aliphatic carbocycles. The van der Waals surface area contributed by atoms with E-state index >= 15 is 0 Å². The fourth-order valence-electron chi connectivity index (χ4n) is 2.11. The van der Waals surface area contributed by atoms with Gasteiger partial charge < -0.3 is 14.0 Å². The largest absolute Gasteiger partial charge is 0.516 e. The predicted molar refractivity (Wildman–Crippen MR) is 89.8 cm³/mol. The molecular weight excluding hydrogens is 314 g/mol. The van der Waals surface area contributed by atoms with Crippen molar-refractivity contribution in [2.24, 2.45) is 0 Å². The zero-order valence-corrected chi connectivity index (χ0v) is 15.2. The second kappa shape index (κ2) is 6.00. The number of hydrogen-bond donors (Lipinski definition) is 1. The molecule has 0 atom stereocenters. The first-order chi connectivity index (χ1) is 10.8. The van der Waals surface area contributed by atoms with Gasteiger partial charge in [0.15, 0.2) is 0 Å². The lowest BCUT2D eigenvalue weighted by molar-refractivity contribution is 0.00578. The Kier molecular flexibility index (Phi) is 4.67. The standard InChI is InChI=1S/C16H24BFN2O4/c1-14(2,3)22-13(21)20-11-8-10(18)9-19-12(11)17-23-15(4,5)16(6,7)24-17/h8-9H,1-7H3,(H,20,21). The third-order valence-electron chi connectivity index (χ3n) is 4.00. The molecule has 0 aromatic carbocycles. The van der Waals surface area contributed by atoms with Gasteiger partial charge in [0, 0.05) is 6.07 Å². The minimum atomic E-state index is -0.819. The number of aromatic nitrogens is 1. The van der Waals surface area contributed by atoms with Crippen LogP contribution in [0, 0.1) is 5.82 Å². The van der Waals surface area contributed by atoms with Crippen LogP contribution in [0.3, 0.4) is 0 Å². The van der Waals surface area contributed by atoms with Crippen LogP contribution in [-0.4, -0.2) is 35.0 Å². The topological polar surface area (TPSA) is 69.7 Å². The van der Waals surface area contributed by atoms with Crippen molar-refractivity contribution in [2.75, 3.05) is 5.32 Å². The summed E-state index contributed by atoms with van der Waals surface area (Å²) in [7, 11) is -0.819. The van der Waals surface area contributed by atoms with Gasteiger partial charge in [-0.2, -0.15) is 0 Å². The minimum absolute atomic E-state index is 0.155. The van der Waals surface area contributed by atoms with Crippen molar-refractivity contribution in [3.8, 4) is 0 Å². The van der Waals surface area contributed by atoms with Gasteiger partial charge in [0.1, 0.15) is 11.4 Å². The summed E-state index contributed by atoms with van der Waals surface area (Å²) in [6.07, 6.45) is 0.355. The van der Waals surface area contributed by atoms with Crippen LogP contribution in [0.15, 0.2) is 12.3 Å². The van der Waals surface area contributed by atoms with Crippen LogP contribution in [0.4, 0.5) is 14.9 Å². The van der Waals surface area contributed by atoms with Crippen molar-refractivity contribution >= 4 is 24.5 Å². The van der Waals surface area contributed by atoms with Gasteiger partial charge in [-0.1, -0.05) is 0 Å². The lowest BCUT2D eigenvalue weighted by Gasteiger charge is -2.32. The van der Waals surface area contributed by atoms with E-state index in [1.165, 1.54) is 0 Å². The molecule has 1 amide bonds. The third-order valence-corrected chi connectivity index (χ3v) is 4.00. The van der Waals surface area contributed by atoms with Gasteiger partial charge in [-0.05, 0) is 48.5 Å². The van der Waals surface area contributed by atoms with Crippen LogP contribution in [-0.2, 0) is 14.0 Å². The Labute approximate surface area is 142 Å². The van der Waals surface area contributed by atoms with Crippen molar-refractivity contribution in [1.82, 2.24) is 4.98 Å². The highest BCUT2D eigenvalue weighted by Crippen LogP contribution is 2.36. The van der Waals surface area contributed by atoms with Crippen LogP contribution < -0.4 is 10.9 Å². The Morgan fingerprint density at radius 2 is 1.79 bits per heavy atom. The maximum atomic E-state index is 13.6. The average Bonchev–Trinajstić information content (AvgIpc) is 2.55. The molecule has 1 aromatic heterocycles. The van der Waals surface area contributed by atoms with Gasteiger partial charge in [0.2, 0.25) is 0 Å². The Bertz CT molecular complexity index is 627. The van der Waals surface area contributed by atoms with Crippen LogP contribution in [0.5, 0.6) is 0 Å². The fourth-order valence-corrected chi connectivity index (χ4v) is 2.11.